The van der Waals surface area contributed by atoms with E-state index in [4.69, 9.17) is 10.5 Å². The van der Waals surface area contributed by atoms with Crippen LogP contribution in [0.1, 0.15) is 46.5 Å². The summed E-state index contributed by atoms with van der Waals surface area (Å²) in [4.78, 5) is 16.4. The molecule has 5 heteroatoms. The highest BCUT2D eigenvalue weighted by Crippen LogP contribution is 2.21. The summed E-state index contributed by atoms with van der Waals surface area (Å²) in [6.45, 7) is 9.49. The largest absolute Gasteiger partial charge is 0.444 e. The van der Waals surface area contributed by atoms with Crippen LogP contribution in [0.25, 0.3) is 0 Å². The molecule has 116 valence electrons. The summed E-state index contributed by atoms with van der Waals surface area (Å²) < 4.78 is 5.43. The minimum atomic E-state index is -0.409. The summed E-state index contributed by atoms with van der Waals surface area (Å²) in [5.41, 5.74) is 5.64. The summed E-state index contributed by atoms with van der Waals surface area (Å²) in [5, 5.41) is 0. The normalized spacial score (nSPS) is 26.6. The van der Waals surface area contributed by atoms with Crippen LogP contribution in [0.2, 0.25) is 0 Å². The van der Waals surface area contributed by atoms with Gasteiger partial charge in [0.15, 0.2) is 0 Å². The van der Waals surface area contributed by atoms with E-state index >= 15 is 0 Å². The minimum Gasteiger partial charge on any atom is -0.444 e. The van der Waals surface area contributed by atoms with E-state index in [1.807, 2.05) is 25.7 Å². The van der Waals surface area contributed by atoms with E-state index in [1.54, 1.807) is 0 Å². The Labute approximate surface area is 122 Å². The molecule has 0 aliphatic carbocycles. The number of piperidine rings is 2. The fourth-order valence-electron chi connectivity index (χ4n) is 3.11. The number of nitrogens with two attached hydrogens (primary N) is 1. The first-order chi connectivity index (χ1) is 9.35. The van der Waals surface area contributed by atoms with Gasteiger partial charge in [0.25, 0.3) is 0 Å². The molecule has 2 aliphatic rings. The number of likely N-dealkylation sites (tertiary alicyclic amines) is 2. The molecule has 1 amide bonds. The Bertz CT molecular complexity index is 333. The predicted molar refractivity (Wildman–Crippen MR) is 79.6 cm³/mol. The highest BCUT2D eigenvalue weighted by atomic mass is 16.6. The van der Waals surface area contributed by atoms with Crippen LogP contribution in [-0.2, 0) is 4.74 Å². The van der Waals surface area contributed by atoms with Gasteiger partial charge in [-0.25, -0.2) is 4.79 Å². The molecule has 2 heterocycles. The van der Waals surface area contributed by atoms with E-state index < -0.39 is 5.60 Å². The van der Waals surface area contributed by atoms with E-state index in [0.717, 1.165) is 45.4 Å². The number of hydrogen-bond acceptors (Lipinski definition) is 4. The molecular formula is C15H29N3O2. The Morgan fingerprint density at radius 2 is 1.80 bits per heavy atom. The molecule has 0 bridgehead atoms. The molecule has 2 aliphatic heterocycles. The summed E-state index contributed by atoms with van der Waals surface area (Å²) in [5.74, 6) is 0. The third kappa shape index (κ3) is 4.35. The van der Waals surface area contributed by atoms with Gasteiger partial charge in [0, 0.05) is 31.7 Å². The van der Waals surface area contributed by atoms with Gasteiger partial charge < -0.3 is 15.4 Å². The molecule has 0 aromatic heterocycles. The summed E-state index contributed by atoms with van der Waals surface area (Å²) in [6.07, 6.45) is 4.24. The molecule has 0 saturated carbocycles. The monoisotopic (exact) mass is 283 g/mol. The lowest BCUT2D eigenvalue weighted by atomic mass is 9.98. The highest BCUT2D eigenvalue weighted by molar-refractivity contribution is 5.68. The number of carbonyl (C=O) groups excluding carboxylic acids is 1. The van der Waals surface area contributed by atoms with Gasteiger partial charge in [0.1, 0.15) is 5.60 Å². The molecule has 5 nitrogen and oxygen atoms in total. The first kappa shape index (κ1) is 15.6. The third-order valence-corrected chi connectivity index (χ3v) is 4.12. The Balaban J connectivity index is 1.78. The average Bonchev–Trinajstić information content (AvgIpc) is 2.37. The Morgan fingerprint density at radius 3 is 2.35 bits per heavy atom. The number of ether oxygens (including phenoxy) is 1. The van der Waals surface area contributed by atoms with Crippen LogP contribution in [-0.4, -0.2) is 59.8 Å². The second-order valence-electron chi connectivity index (χ2n) is 7.10. The van der Waals surface area contributed by atoms with Crippen LogP contribution < -0.4 is 5.73 Å². The van der Waals surface area contributed by atoms with Gasteiger partial charge in [-0.2, -0.15) is 0 Å². The van der Waals surface area contributed by atoms with Crippen LogP contribution in [0, 0.1) is 0 Å². The van der Waals surface area contributed by atoms with Crippen molar-refractivity contribution in [3.8, 4) is 0 Å². The van der Waals surface area contributed by atoms with Crippen molar-refractivity contribution in [3.05, 3.63) is 0 Å². The highest BCUT2D eigenvalue weighted by Gasteiger charge is 2.30. The van der Waals surface area contributed by atoms with Gasteiger partial charge in [0.2, 0.25) is 0 Å². The second kappa shape index (κ2) is 6.31. The smallest absolute Gasteiger partial charge is 0.410 e. The second-order valence-corrected chi connectivity index (χ2v) is 7.10. The molecule has 0 unspecified atom stereocenters. The van der Waals surface area contributed by atoms with Gasteiger partial charge in [-0.15, -0.1) is 0 Å². The van der Waals surface area contributed by atoms with Crippen molar-refractivity contribution in [1.29, 1.82) is 0 Å². The van der Waals surface area contributed by atoms with Gasteiger partial charge in [-0.3, -0.25) is 4.90 Å². The third-order valence-electron chi connectivity index (χ3n) is 4.12. The molecule has 1 atom stereocenters. The number of amides is 1. The van der Waals surface area contributed by atoms with Crippen LogP contribution in [0.15, 0.2) is 0 Å². The summed E-state index contributed by atoms with van der Waals surface area (Å²) in [6, 6.07) is 0.910. The molecule has 2 rings (SSSR count). The lowest BCUT2D eigenvalue weighted by Gasteiger charge is -2.41. The van der Waals surface area contributed by atoms with Crippen LogP contribution >= 0.6 is 0 Å². The molecule has 2 saturated heterocycles. The molecule has 0 aromatic rings. The van der Waals surface area contributed by atoms with Crippen molar-refractivity contribution in [2.45, 2.75) is 64.1 Å². The summed E-state index contributed by atoms with van der Waals surface area (Å²) >= 11 is 0. The Kier molecular flexibility index (Phi) is 4.91. The van der Waals surface area contributed by atoms with Crippen molar-refractivity contribution < 1.29 is 9.53 Å². The quantitative estimate of drug-likeness (QED) is 0.797. The van der Waals surface area contributed by atoms with Crippen molar-refractivity contribution in [2.75, 3.05) is 26.2 Å². The summed E-state index contributed by atoms with van der Waals surface area (Å²) in [7, 11) is 0. The zero-order chi connectivity index (χ0) is 14.8. The van der Waals surface area contributed by atoms with Gasteiger partial charge in [-0.1, -0.05) is 0 Å². The van der Waals surface area contributed by atoms with E-state index in [1.165, 1.54) is 6.42 Å². The average molecular weight is 283 g/mol. The standard InChI is InChI=1S/C15H29N3O2/c1-15(2,3)20-14(19)17-9-6-13(7-10-17)18-8-4-5-12(16)11-18/h12-13H,4-11,16H2,1-3H3/t12-/m1/s1. The molecule has 0 spiro atoms. The van der Waals surface area contributed by atoms with Crippen LogP contribution in [0.4, 0.5) is 4.79 Å². The van der Waals surface area contributed by atoms with E-state index in [-0.39, 0.29) is 6.09 Å². The number of rotatable bonds is 1. The zero-order valence-electron chi connectivity index (χ0n) is 13.1. The molecule has 2 fully saturated rings. The van der Waals surface area contributed by atoms with E-state index in [9.17, 15) is 4.79 Å². The lowest BCUT2D eigenvalue weighted by molar-refractivity contribution is 0.0125. The van der Waals surface area contributed by atoms with Crippen molar-refractivity contribution >= 4 is 6.09 Å². The maximum atomic E-state index is 12.0. The Hall–Kier alpha value is -0.810. The molecule has 20 heavy (non-hydrogen) atoms. The first-order valence-electron chi connectivity index (χ1n) is 7.83. The van der Waals surface area contributed by atoms with E-state index in [2.05, 4.69) is 4.90 Å². The molecule has 2 N–H and O–H groups in total. The molecule has 0 radical (unpaired) electrons. The van der Waals surface area contributed by atoms with Crippen molar-refractivity contribution in [1.82, 2.24) is 9.80 Å². The van der Waals surface area contributed by atoms with Gasteiger partial charge >= 0.3 is 6.09 Å². The number of carbonyl (C=O) groups is 1. The first-order valence-corrected chi connectivity index (χ1v) is 7.83. The minimum absolute atomic E-state index is 0.175. The maximum absolute atomic E-state index is 12.0. The van der Waals surface area contributed by atoms with E-state index in [0.29, 0.717) is 12.1 Å². The molecule has 0 aromatic carbocycles. The fourth-order valence-corrected chi connectivity index (χ4v) is 3.11. The SMILES string of the molecule is CC(C)(C)OC(=O)N1CCC(N2CCC[C@@H](N)C2)CC1. The fraction of sp³-hybridized carbons (Fsp3) is 0.933. The van der Waals surface area contributed by atoms with Crippen molar-refractivity contribution in [3.63, 3.8) is 0 Å². The van der Waals surface area contributed by atoms with Crippen LogP contribution in [0.5, 0.6) is 0 Å². The number of nitrogens with zero attached hydrogens (tertiary/aromatic N) is 2. The molecular weight excluding hydrogens is 254 g/mol. The number of hydrogen-bond donors (Lipinski definition) is 1. The van der Waals surface area contributed by atoms with Gasteiger partial charge in [-0.05, 0) is 53.0 Å². The Morgan fingerprint density at radius 1 is 1.15 bits per heavy atom. The zero-order valence-corrected chi connectivity index (χ0v) is 13.1. The maximum Gasteiger partial charge on any atom is 0.410 e. The van der Waals surface area contributed by atoms with Gasteiger partial charge in [0.05, 0.1) is 0 Å². The van der Waals surface area contributed by atoms with Crippen molar-refractivity contribution in [2.24, 2.45) is 5.73 Å². The predicted octanol–water partition coefficient (Wildman–Crippen LogP) is 1.81. The van der Waals surface area contributed by atoms with Crippen LogP contribution in [0.3, 0.4) is 0 Å². The lowest BCUT2D eigenvalue weighted by Crippen LogP contribution is -2.52. The topological polar surface area (TPSA) is 58.8 Å².